The number of carbonyl (C=O) groups is 2. The first-order chi connectivity index (χ1) is 5.11. The van der Waals surface area contributed by atoms with Crippen molar-refractivity contribution in [2.45, 2.75) is 0 Å². The number of nitrogens with one attached hydrogen (secondary N) is 1. The third-order valence-corrected chi connectivity index (χ3v) is 1.03. The van der Waals surface area contributed by atoms with Gasteiger partial charge in [0.15, 0.2) is 5.69 Å². The van der Waals surface area contributed by atoms with Crippen LogP contribution in [-0.4, -0.2) is 37.8 Å². The van der Waals surface area contributed by atoms with E-state index in [1.807, 2.05) is 0 Å². The van der Waals surface area contributed by atoms with E-state index in [2.05, 4.69) is 10.2 Å². The molecule has 0 bridgehead atoms. The van der Waals surface area contributed by atoms with Crippen LogP contribution in [0.1, 0.15) is 21.0 Å². The molecule has 0 aliphatic heterocycles. The maximum Gasteiger partial charge on any atom is 0.356 e. The van der Waals surface area contributed by atoms with Crippen LogP contribution in [0.15, 0.2) is 6.07 Å². The van der Waals surface area contributed by atoms with E-state index in [1.165, 1.54) is 0 Å². The fourth-order valence-corrected chi connectivity index (χ4v) is 0.541. The summed E-state index contributed by atoms with van der Waals surface area (Å²) >= 11 is 0. The van der Waals surface area contributed by atoms with Gasteiger partial charge in [0.25, 0.3) is 0 Å². The van der Waals surface area contributed by atoms with Crippen LogP contribution in [0.3, 0.4) is 0 Å². The highest BCUT2D eigenvalue weighted by molar-refractivity contribution is 5.91. The Hall–Kier alpha value is -1.89. The van der Waals surface area contributed by atoms with Crippen molar-refractivity contribution >= 4 is 11.9 Å². The van der Waals surface area contributed by atoms with E-state index in [0.717, 1.165) is 6.07 Å². The summed E-state index contributed by atoms with van der Waals surface area (Å²) < 4.78 is 0. The summed E-state index contributed by atoms with van der Waals surface area (Å²) in [6.07, 6.45) is 0. The fraction of sp³-hybridized carbons (Fsp3) is 0. The minimum Gasteiger partial charge on any atom is -0.477 e. The zero-order valence-electron chi connectivity index (χ0n) is 5.74. The molecule has 0 fully saturated rings. The number of aromatic carboxylic acids is 2. The standard InChI is InChI=1S/C5H4N2O4.H2O/c8-4(9)2-1-3(5(10)11)7-6-2;/h1H,(H,6,7)(H,8,9)(H,10,11);1H2. The molecule has 0 saturated carbocycles. The summed E-state index contributed by atoms with van der Waals surface area (Å²) in [5.74, 6) is -2.49. The molecule has 1 rings (SSSR count). The lowest BCUT2D eigenvalue weighted by atomic mass is 10.3. The van der Waals surface area contributed by atoms with Crippen LogP contribution < -0.4 is 0 Å². The van der Waals surface area contributed by atoms with Gasteiger partial charge in [-0.2, -0.15) is 5.10 Å². The Morgan fingerprint density at radius 3 is 2.17 bits per heavy atom. The average molecular weight is 174 g/mol. The lowest BCUT2D eigenvalue weighted by Gasteiger charge is -1.80. The molecule has 0 amide bonds. The van der Waals surface area contributed by atoms with Crippen LogP contribution in [0.2, 0.25) is 0 Å². The molecule has 1 heterocycles. The van der Waals surface area contributed by atoms with E-state index >= 15 is 0 Å². The number of hydrogen-bond donors (Lipinski definition) is 3. The number of rotatable bonds is 2. The van der Waals surface area contributed by atoms with Gasteiger partial charge in [0.05, 0.1) is 0 Å². The van der Waals surface area contributed by atoms with E-state index in [0.29, 0.717) is 0 Å². The number of carboxylic acid groups (broad SMARTS) is 2. The third kappa shape index (κ3) is 1.80. The first-order valence-electron chi connectivity index (χ1n) is 2.63. The maximum atomic E-state index is 10.2. The second-order valence-corrected chi connectivity index (χ2v) is 1.78. The molecule has 0 aromatic carbocycles. The van der Waals surface area contributed by atoms with Crippen molar-refractivity contribution in [2.75, 3.05) is 0 Å². The zero-order valence-corrected chi connectivity index (χ0v) is 5.74. The Labute approximate surface area is 66.0 Å². The van der Waals surface area contributed by atoms with E-state index in [9.17, 15) is 9.59 Å². The minimum atomic E-state index is -1.26. The van der Waals surface area contributed by atoms with Crippen molar-refractivity contribution in [3.05, 3.63) is 17.5 Å². The molecule has 0 aliphatic rings. The van der Waals surface area contributed by atoms with Gasteiger partial charge in [0.2, 0.25) is 0 Å². The first kappa shape index (κ1) is 10.1. The topological polar surface area (TPSA) is 135 Å². The Bertz CT molecular complexity index is 276. The number of aromatic nitrogens is 2. The number of nitrogens with zero attached hydrogens (tertiary/aromatic N) is 1. The van der Waals surface area contributed by atoms with Crippen molar-refractivity contribution in [1.82, 2.24) is 10.2 Å². The summed E-state index contributed by atoms with van der Waals surface area (Å²) in [5.41, 5.74) is -0.537. The highest BCUT2D eigenvalue weighted by Gasteiger charge is 2.11. The fourth-order valence-electron chi connectivity index (χ4n) is 0.541. The van der Waals surface area contributed by atoms with Crippen molar-refractivity contribution in [3.8, 4) is 0 Å². The number of aromatic amines is 1. The number of hydrogen-bond acceptors (Lipinski definition) is 3. The molecule has 0 aliphatic carbocycles. The second-order valence-electron chi connectivity index (χ2n) is 1.78. The lowest BCUT2D eigenvalue weighted by Crippen LogP contribution is -1.96. The van der Waals surface area contributed by atoms with Gasteiger partial charge in [-0.25, -0.2) is 9.59 Å². The molecule has 1 aromatic heterocycles. The van der Waals surface area contributed by atoms with Gasteiger partial charge in [-0.1, -0.05) is 0 Å². The largest absolute Gasteiger partial charge is 0.477 e. The molecule has 66 valence electrons. The maximum absolute atomic E-state index is 10.2. The molecule has 0 spiro atoms. The Kier molecular flexibility index (Phi) is 2.94. The monoisotopic (exact) mass is 174 g/mol. The van der Waals surface area contributed by atoms with Gasteiger partial charge in [0.1, 0.15) is 5.69 Å². The highest BCUT2D eigenvalue weighted by Crippen LogP contribution is 1.98. The Balaban J connectivity index is 0.00000121. The molecular weight excluding hydrogens is 168 g/mol. The van der Waals surface area contributed by atoms with E-state index in [1.54, 1.807) is 0 Å². The molecule has 0 atom stereocenters. The minimum absolute atomic E-state index is 0. The van der Waals surface area contributed by atoms with Crippen molar-refractivity contribution in [2.24, 2.45) is 0 Å². The number of H-pyrrole nitrogens is 1. The molecular formula is C5H6N2O5. The van der Waals surface area contributed by atoms with Gasteiger partial charge < -0.3 is 15.7 Å². The quantitative estimate of drug-likeness (QED) is 0.527. The average Bonchev–Trinajstić information content (AvgIpc) is 2.33. The van der Waals surface area contributed by atoms with Crippen molar-refractivity contribution in [3.63, 3.8) is 0 Å². The van der Waals surface area contributed by atoms with E-state index in [4.69, 9.17) is 10.2 Å². The van der Waals surface area contributed by atoms with Crippen LogP contribution in [0.5, 0.6) is 0 Å². The zero-order chi connectivity index (χ0) is 8.43. The molecule has 5 N–H and O–H groups in total. The molecule has 0 radical (unpaired) electrons. The van der Waals surface area contributed by atoms with Crippen LogP contribution in [0.25, 0.3) is 0 Å². The van der Waals surface area contributed by atoms with Gasteiger partial charge in [-0.15, -0.1) is 0 Å². The van der Waals surface area contributed by atoms with Crippen LogP contribution >= 0.6 is 0 Å². The Morgan fingerprint density at radius 2 is 1.92 bits per heavy atom. The molecule has 12 heavy (non-hydrogen) atoms. The molecule has 1 aromatic rings. The SMILES string of the molecule is O.O=C(O)c1cc(C(=O)O)[nH]n1. The lowest BCUT2D eigenvalue weighted by molar-refractivity contribution is 0.0683. The van der Waals surface area contributed by atoms with Crippen molar-refractivity contribution in [1.29, 1.82) is 0 Å². The van der Waals surface area contributed by atoms with Gasteiger partial charge in [0, 0.05) is 6.07 Å². The van der Waals surface area contributed by atoms with Crippen LogP contribution in [-0.2, 0) is 0 Å². The van der Waals surface area contributed by atoms with Gasteiger partial charge in [-0.05, 0) is 0 Å². The highest BCUT2D eigenvalue weighted by atomic mass is 16.4. The Morgan fingerprint density at radius 1 is 1.33 bits per heavy atom. The predicted molar refractivity (Wildman–Crippen MR) is 36.1 cm³/mol. The van der Waals surface area contributed by atoms with E-state index < -0.39 is 11.9 Å². The summed E-state index contributed by atoms with van der Waals surface area (Å²) in [6.45, 7) is 0. The van der Waals surface area contributed by atoms with Gasteiger partial charge >= 0.3 is 11.9 Å². The van der Waals surface area contributed by atoms with Crippen LogP contribution in [0.4, 0.5) is 0 Å². The summed E-state index contributed by atoms with van der Waals surface area (Å²) in [7, 11) is 0. The number of carboxylic acids is 2. The third-order valence-electron chi connectivity index (χ3n) is 1.03. The summed E-state index contributed by atoms with van der Waals surface area (Å²) in [4.78, 5) is 20.3. The molecule has 0 unspecified atom stereocenters. The summed E-state index contributed by atoms with van der Waals surface area (Å²) in [5, 5.41) is 21.9. The van der Waals surface area contributed by atoms with E-state index in [-0.39, 0.29) is 16.9 Å². The van der Waals surface area contributed by atoms with Crippen LogP contribution in [0, 0.1) is 0 Å². The summed E-state index contributed by atoms with van der Waals surface area (Å²) in [6, 6.07) is 0.949. The predicted octanol–water partition coefficient (Wildman–Crippen LogP) is -1.02. The first-order valence-corrected chi connectivity index (χ1v) is 2.63. The second kappa shape index (κ2) is 3.49. The normalized spacial score (nSPS) is 8.67. The van der Waals surface area contributed by atoms with Gasteiger partial charge in [-0.3, -0.25) is 5.10 Å². The smallest absolute Gasteiger partial charge is 0.356 e. The molecule has 7 nitrogen and oxygen atoms in total. The van der Waals surface area contributed by atoms with Crippen molar-refractivity contribution < 1.29 is 25.3 Å². The molecule has 7 heteroatoms. The molecule has 0 saturated heterocycles.